The molecule has 2 N–H and O–H groups in total. The summed E-state index contributed by atoms with van der Waals surface area (Å²) in [7, 11) is 0. The molecule has 0 heterocycles. The molecule has 0 aromatic heterocycles. The molecule has 76 valence electrons. The van der Waals surface area contributed by atoms with Gasteiger partial charge in [-0.1, -0.05) is 23.7 Å². The van der Waals surface area contributed by atoms with Crippen LogP contribution in [0.1, 0.15) is 24.4 Å². The number of benzene rings is 1. The molecule has 1 aliphatic rings. The first-order chi connectivity index (χ1) is 6.54. The molecular formula is C10H10ClF2N. The van der Waals surface area contributed by atoms with Gasteiger partial charge in [0.15, 0.2) is 0 Å². The van der Waals surface area contributed by atoms with Crippen molar-refractivity contribution >= 4 is 11.6 Å². The van der Waals surface area contributed by atoms with E-state index in [1.54, 1.807) is 6.07 Å². The number of rotatable bonds is 2. The third-order valence-electron chi connectivity index (χ3n) is 2.60. The molecule has 14 heavy (non-hydrogen) atoms. The van der Waals surface area contributed by atoms with Crippen molar-refractivity contribution in [3.05, 3.63) is 34.6 Å². The van der Waals surface area contributed by atoms with Gasteiger partial charge in [0, 0.05) is 0 Å². The van der Waals surface area contributed by atoms with Crippen molar-refractivity contribution in [2.24, 2.45) is 5.73 Å². The molecule has 2 rings (SSSR count). The first-order valence-corrected chi connectivity index (χ1v) is 4.81. The van der Waals surface area contributed by atoms with Gasteiger partial charge in [-0.15, -0.1) is 0 Å². The molecule has 0 radical (unpaired) electrons. The van der Waals surface area contributed by atoms with Gasteiger partial charge in [0.05, 0.1) is 11.1 Å². The Morgan fingerprint density at radius 2 is 2.07 bits per heavy atom. The van der Waals surface area contributed by atoms with Crippen molar-refractivity contribution in [2.75, 3.05) is 0 Å². The fourth-order valence-electron chi connectivity index (χ4n) is 1.47. The highest BCUT2D eigenvalue weighted by Crippen LogP contribution is 2.49. The van der Waals surface area contributed by atoms with Crippen molar-refractivity contribution in [1.82, 2.24) is 0 Å². The minimum absolute atomic E-state index is 0.0658. The van der Waals surface area contributed by atoms with Crippen LogP contribution in [0.15, 0.2) is 18.2 Å². The molecular weight excluding hydrogens is 208 g/mol. The molecule has 4 heteroatoms. The molecule has 1 unspecified atom stereocenters. The number of nitrogens with two attached hydrogens (primary N) is 1. The summed E-state index contributed by atoms with van der Waals surface area (Å²) in [5, 5.41) is -0.0658. The van der Waals surface area contributed by atoms with Crippen LogP contribution in [0.3, 0.4) is 0 Å². The molecule has 1 nitrogen and oxygen atoms in total. The van der Waals surface area contributed by atoms with E-state index in [1.165, 1.54) is 12.1 Å². The summed E-state index contributed by atoms with van der Waals surface area (Å²) in [6.45, 7) is 0. The summed E-state index contributed by atoms with van der Waals surface area (Å²) in [6, 6.07) is 3.47. The van der Waals surface area contributed by atoms with Crippen molar-refractivity contribution in [2.45, 2.75) is 24.6 Å². The maximum atomic E-state index is 13.6. The van der Waals surface area contributed by atoms with Gasteiger partial charge in [-0.05, 0) is 24.5 Å². The molecule has 0 amide bonds. The summed E-state index contributed by atoms with van der Waals surface area (Å²) in [5.41, 5.74) is 4.65. The Bertz CT molecular complexity index is 363. The second-order valence-electron chi connectivity index (χ2n) is 3.66. The van der Waals surface area contributed by atoms with Crippen molar-refractivity contribution in [3.8, 4) is 0 Å². The average Bonchev–Trinajstić information content (AvgIpc) is 2.89. The lowest BCUT2D eigenvalue weighted by Gasteiger charge is -2.17. The Morgan fingerprint density at radius 1 is 1.43 bits per heavy atom. The number of hydrogen-bond donors (Lipinski definition) is 1. The molecule has 1 atom stereocenters. The number of halogens is 3. The van der Waals surface area contributed by atoms with E-state index in [2.05, 4.69) is 0 Å². The average molecular weight is 218 g/mol. The van der Waals surface area contributed by atoms with E-state index in [-0.39, 0.29) is 5.02 Å². The van der Waals surface area contributed by atoms with E-state index >= 15 is 0 Å². The van der Waals surface area contributed by atoms with Gasteiger partial charge in [-0.3, -0.25) is 0 Å². The van der Waals surface area contributed by atoms with Crippen LogP contribution in [0, 0.1) is 5.82 Å². The van der Waals surface area contributed by atoms with Gasteiger partial charge in [0.1, 0.15) is 11.5 Å². The fraction of sp³-hybridized carbons (Fsp3) is 0.400. The molecule has 0 saturated heterocycles. The van der Waals surface area contributed by atoms with Gasteiger partial charge < -0.3 is 5.73 Å². The van der Waals surface area contributed by atoms with Crippen LogP contribution >= 0.6 is 11.6 Å². The Morgan fingerprint density at radius 3 is 2.64 bits per heavy atom. The van der Waals surface area contributed by atoms with Crippen LogP contribution < -0.4 is 5.73 Å². The molecule has 0 aliphatic heterocycles. The zero-order valence-corrected chi connectivity index (χ0v) is 8.19. The molecule has 0 bridgehead atoms. The number of alkyl halides is 1. The highest BCUT2D eigenvalue weighted by molar-refractivity contribution is 6.31. The summed E-state index contributed by atoms with van der Waals surface area (Å²) in [4.78, 5) is 0. The fourth-order valence-corrected chi connectivity index (χ4v) is 1.71. The standard InChI is InChI=1S/C10H10ClF2N/c11-8-6(2-1-3-7(8)12)9(14)10(13)4-5-10/h1-3,9H,4-5,14H2. The highest BCUT2D eigenvalue weighted by Gasteiger charge is 2.49. The molecule has 1 aromatic carbocycles. The molecule has 1 saturated carbocycles. The predicted molar refractivity (Wildman–Crippen MR) is 51.4 cm³/mol. The zero-order valence-electron chi connectivity index (χ0n) is 7.43. The van der Waals surface area contributed by atoms with E-state index < -0.39 is 17.5 Å². The van der Waals surface area contributed by atoms with Crippen molar-refractivity contribution in [3.63, 3.8) is 0 Å². The second-order valence-corrected chi connectivity index (χ2v) is 4.03. The lowest BCUT2D eigenvalue weighted by Crippen LogP contribution is -2.24. The van der Waals surface area contributed by atoms with Crippen molar-refractivity contribution in [1.29, 1.82) is 0 Å². The normalized spacial score (nSPS) is 20.6. The molecule has 1 aliphatic carbocycles. The quantitative estimate of drug-likeness (QED) is 0.810. The first kappa shape index (κ1) is 9.87. The van der Waals surface area contributed by atoms with E-state index in [1.807, 2.05) is 0 Å². The van der Waals surface area contributed by atoms with E-state index in [9.17, 15) is 8.78 Å². The monoisotopic (exact) mass is 217 g/mol. The lowest BCUT2D eigenvalue weighted by atomic mass is 10.0. The van der Waals surface area contributed by atoms with Crippen molar-refractivity contribution < 1.29 is 8.78 Å². The largest absolute Gasteiger partial charge is 0.321 e. The van der Waals surface area contributed by atoms with Gasteiger partial charge in [0.25, 0.3) is 0 Å². The van der Waals surface area contributed by atoms with Crippen LogP contribution in [0.5, 0.6) is 0 Å². The summed E-state index contributed by atoms with van der Waals surface area (Å²) in [6.07, 6.45) is 0.863. The second kappa shape index (κ2) is 3.17. The van der Waals surface area contributed by atoms with Crippen LogP contribution in [0.2, 0.25) is 5.02 Å². The van der Waals surface area contributed by atoms with Crippen LogP contribution in [-0.4, -0.2) is 5.67 Å². The van der Waals surface area contributed by atoms with Crippen LogP contribution in [0.4, 0.5) is 8.78 Å². The Balaban J connectivity index is 2.36. The molecule has 1 fully saturated rings. The Kier molecular flexibility index (Phi) is 2.24. The zero-order chi connectivity index (χ0) is 10.3. The van der Waals surface area contributed by atoms with Crippen LogP contribution in [-0.2, 0) is 0 Å². The first-order valence-electron chi connectivity index (χ1n) is 4.43. The maximum Gasteiger partial charge on any atom is 0.142 e. The SMILES string of the molecule is NC(c1cccc(F)c1Cl)C1(F)CC1. The van der Waals surface area contributed by atoms with Gasteiger partial charge in [-0.2, -0.15) is 0 Å². The topological polar surface area (TPSA) is 26.0 Å². The highest BCUT2D eigenvalue weighted by atomic mass is 35.5. The maximum absolute atomic E-state index is 13.6. The Hall–Kier alpha value is -0.670. The molecule has 0 spiro atoms. The van der Waals surface area contributed by atoms with E-state index in [4.69, 9.17) is 17.3 Å². The summed E-state index contributed by atoms with van der Waals surface area (Å²) < 4.78 is 26.6. The van der Waals surface area contributed by atoms with Gasteiger partial charge in [-0.25, -0.2) is 8.78 Å². The van der Waals surface area contributed by atoms with E-state index in [0.717, 1.165) is 0 Å². The van der Waals surface area contributed by atoms with Gasteiger partial charge in [0.2, 0.25) is 0 Å². The van der Waals surface area contributed by atoms with E-state index in [0.29, 0.717) is 18.4 Å². The van der Waals surface area contributed by atoms with Gasteiger partial charge >= 0.3 is 0 Å². The summed E-state index contributed by atoms with van der Waals surface area (Å²) in [5.74, 6) is -0.552. The third kappa shape index (κ3) is 1.51. The molecule has 1 aromatic rings. The summed E-state index contributed by atoms with van der Waals surface area (Å²) >= 11 is 5.70. The lowest BCUT2D eigenvalue weighted by molar-refractivity contribution is 0.258. The van der Waals surface area contributed by atoms with Crippen LogP contribution in [0.25, 0.3) is 0 Å². The smallest absolute Gasteiger partial charge is 0.142 e. The predicted octanol–water partition coefficient (Wildman–Crippen LogP) is 2.98. The number of hydrogen-bond acceptors (Lipinski definition) is 1. The minimum Gasteiger partial charge on any atom is -0.321 e. The minimum atomic E-state index is -1.38. The third-order valence-corrected chi connectivity index (χ3v) is 3.00. The Labute approximate surface area is 85.9 Å².